The fraction of sp³-hybridized carbons (Fsp3) is 0.238. The van der Waals surface area contributed by atoms with E-state index in [0.29, 0.717) is 12.0 Å². The number of pyridine rings is 1. The lowest BCUT2D eigenvalue weighted by Crippen LogP contribution is -2.28. The number of anilines is 1. The molecule has 7 heteroatoms. The van der Waals surface area contributed by atoms with Crippen molar-refractivity contribution in [2.24, 2.45) is 0 Å². The summed E-state index contributed by atoms with van der Waals surface area (Å²) in [5, 5.41) is 12.1. The molecule has 0 amide bonds. The number of ether oxygens (including phenoxy) is 1. The van der Waals surface area contributed by atoms with Gasteiger partial charge in [-0.3, -0.25) is 4.40 Å². The Balaban J connectivity index is 1.44. The molecule has 7 nitrogen and oxygen atoms in total. The molecule has 4 heterocycles. The number of hydrogen-bond acceptors (Lipinski definition) is 6. The first kappa shape index (κ1) is 16.8. The van der Waals surface area contributed by atoms with Gasteiger partial charge in [0.25, 0.3) is 0 Å². The van der Waals surface area contributed by atoms with Gasteiger partial charge in [0.2, 0.25) is 5.95 Å². The fourth-order valence-corrected chi connectivity index (χ4v) is 3.45. The number of benzene rings is 1. The summed E-state index contributed by atoms with van der Waals surface area (Å²) in [6, 6.07) is 16.4. The molecule has 5 rings (SSSR count). The van der Waals surface area contributed by atoms with Gasteiger partial charge in [-0.05, 0) is 31.0 Å². The molecule has 3 aromatic heterocycles. The third-order valence-corrected chi connectivity index (χ3v) is 4.95. The van der Waals surface area contributed by atoms with Crippen LogP contribution in [-0.4, -0.2) is 43.8 Å². The lowest BCUT2D eigenvalue weighted by atomic mass is 10.1. The minimum atomic E-state index is 0.358. The van der Waals surface area contributed by atoms with Gasteiger partial charge in [0.1, 0.15) is 0 Å². The minimum Gasteiger partial charge on any atom is -0.381 e. The monoisotopic (exact) mass is 372 g/mol. The molecule has 0 saturated carbocycles. The van der Waals surface area contributed by atoms with Crippen LogP contribution in [-0.2, 0) is 4.74 Å². The first-order chi connectivity index (χ1) is 13.9. The van der Waals surface area contributed by atoms with Crippen LogP contribution < -0.4 is 5.32 Å². The normalized spacial score (nSPS) is 15.0. The third kappa shape index (κ3) is 3.32. The van der Waals surface area contributed by atoms with Gasteiger partial charge in [-0.2, -0.15) is 0 Å². The summed E-state index contributed by atoms with van der Waals surface area (Å²) in [5.41, 5.74) is 3.66. The zero-order chi connectivity index (χ0) is 18.8. The highest BCUT2D eigenvalue weighted by molar-refractivity contribution is 5.67. The van der Waals surface area contributed by atoms with E-state index >= 15 is 0 Å². The first-order valence-corrected chi connectivity index (χ1v) is 9.45. The maximum Gasteiger partial charge on any atom is 0.223 e. The van der Waals surface area contributed by atoms with E-state index in [0.717, 1.165) is 54.3 Å². The van der Waals surface area contributed by atoms with Crippen LogP contribution in [0.4, 0.5) is 5.95 Å². The summed E-state index contributed by atoms with van der Waals surface area (Å²) in [5.74, 6) is 1.47. The van der Waals surface area contributed by atoms with Crippen LogP contribution in [0.15, 0.2) is 60.9 Å². The van der Waals surface area contributed by atoms with Gasteiger partial charge in [0.15, 0.2) is 11.5 Å². The van der Waals surface area contributed by atoms with Crippen molar-refractivity contribution in [3.63, 3.8) is 0 Å². The molecule has 0 spiro atoms. The Morgan fingerprint density at radius 1 is 0.964 bits per heavy atom. The molecule has 28 heavy (non-hydrogen) atoms. The van der Waals surface area contributed by atoms with Crippen molar-refractivity contribution in [1.82, 2.24) is 24.6 Å². The minimum absolute atomic E-state index is 0.358. The highest BCUT2D eigenvalue weighted by Gasteiger charge is 2.15. The van der Waals surface area contributed by atoms with E-state index in [2.05, 4.69) is 25.5 Å². The second kappa shape index (κ2) is 7.36. The van der Waals surface area contributed by atoms with Crippen LogP contribution in [0.2, 0.25) is 0 Å². The SMILES string of the molecule is c1ccc(-c2nnc3cc(-c4ccnc(NC5CCOCC5)n4)ccn23)cc1. The second-order valence-electron chi connectivity index (χ2n) is 6.83. The number of nitrogens with one attached hydrogen (secondary N) is 1. The zero-order valence-corrected chi connectivity index (χ0v) is 15.3. The maximum atomic E-state index is 5.41. The van der Waals surface area contributed by atoms with Crippen LogP contribution in [0.1, 0.15) is 12.8 Å². The molecule has 0 bridgehead atoms. The van der Waals surface area contributed by atoms with E-state index in [4.69, 9.17) is 4.74 Å². The molecule has 1 fully saturated rings. The molecule has 140 valence electrons. The Bertz CT molecular complexity index is 1090. The smallest absolute Gasteiger partial charge is 0.223 e. The topological polar surface area (TPSA) is 77.2 Å². The van der Waals surface area contributed by atoms with Crippen molar-refractivity contribution in [3.8, 4) is 22.6 Å². The van der Waals surface area contributed by atoms with Crippen LogP contribution in [0.25, 0.3) is 28.3 Å². The maximum absolute atomic E-state index is 5.41. The molecule has 1 aromatic carbocycles. The average molecular weight is 372 g/mol. The molecular weight excluding hydrogens is 352 g/mol. The summed E-state index contributed by atoms with van der Waals surface area (Å²) in [7, 11) is 0. The van der Waals surface area contributed by atoms with Gasteiger partial charge in [0, 0.05) is 42.8 Å². The first-order valence-electron chi connectivity index (χ1n) is 9.45. The highest BCUT2D eigenvalue weighted by Crippen LogP contribution is 2.23. The van der Waals surface area contributed by atoms with Crippen molar-refractivity contribution in [3.05, 3.63) is 60.9 Å². The summed E-state index contributed by atoms with van der Waals surface area (Å²) in [4.78, 5) is 9.06. The van der Waals surface area contributed by atoms with E-state index in [-0.39, 0.29) is 0 Å². The lowest BCUT2D eigenvalue weighted by Gasteiger charge is -2.23. The van der Waals surface area contributed by atoms with Gasteiger partial charge >= 0.3 is 0 Å². The van der Waals surface area contributed by atoms with Crippen molar-refractivity contribution in [2.75, 3.05) is 18.5 Å². The Labute approximate surface area is 162 Å². The van der Waals surface area contributed by atoms with Gasteiger partial charge in [0.05, 0.1) is 5.69 Å². The van der Waals surface area contributed by atoms with Crippen molar-refractivity contribution < 1.29 is 4.74 Å². The second-order valence-corrected chi connectivity index (χ2v) is 6.83. The van der Waals surface area contributed by atoms with E-state index in [9.17, 15) is 0 Å². The Kier molecular flexibility index (Phi) is 4.42. The molecule has 0 aliphatic carbocycles. The molecule has 0 atom stereocenters. The van der Waals surface area contributed by atoms with Gasteiger partial charge in [-0.25, -0.2) is 9.97 Å². The molecule has 1 N–H and O–H groups in total. The van der Waals surface area contributed by atoms with Crippen LogP contribution in [0.5, 0.6) is 0 Å². The predicted molar refractivity (Wildman–Crippen MR) is 107 cm³/mol. The van der Waals surface area contributed by atoms with E-state index in [1.165, 1.54) is 0 Å². The van der Waals surface area contributed by atoms with Crippen LogP contribution >= 0.6 is 0 Å². The fourth-order valence-electron chi connectivity index (χ4n) is 3.45. The predicted octanol–water partition coefficient (Wildman–Crippen LogP) is 3.44. The molecule has 1 aliphatic rings. The van der Waals surface area contributed by atoms with E-state index < -0.39 is 0 Å². The molecule has 0 unspecified atom stereocenters. The van der Waals surface area contributed by atoms with E-state index in [1.807, 2.05) is 59.1 Å². The summed E-state index contributed by atoms with van der Waals surface area (Å²) >= 11 is 0. The summed E-state index contributed by atoms with van der Waals surface area (Å²) in [6.45, 7) is 1.56. The molecular formula is C21H20N6O. The standard InChI is InChI=1S/C21H20N6O/c1-2-4-15(5-3-1)20-26-25-19-14-16(7-11-27(19)20)18-6-10-22-21(24-18)23-17-8-12-28-13-9-17/h1-7,10-11,14,17H,8-9,12-13H2,(H,22,23,24). The zero-order valence-electron chi connectivity index (χ0n) is 15.3. The molecule has 0 radical (unpaired) electrons. The van der Waals surface area contributed by atoms with Crippen LogP contribution in [0, 0.1) is 0 Å². The Morgan fingerprint density at radius 2 is 1.82 bits per heavy atom. The van der Waals surface area contributed by atoms with Gasteiger partial charge in [-0.1, -0.05) is 30.3 Å². The number of nitrogens with zero attached hydrogens (tertiary/aromatic N) is 5. The summed E-state index contributed by atoms with van der Waals surface area (Å²) in [6.07, 6.45) is 5.72. The van der Waals surface area contributed by atoms with Crippen molar-refractivity contribution in [2.45, 2.75) is 18.9 Å². The quantitative estimate of drug-likeness (QED) is 0.591. The number of aromatic nitrogens is 5. The van der Waals surface area contributed by atoms with Gasteiger partial charge < -0.3 is 10.1 Å². The Hall–Kier alpha value is -3.32. The third-order valence-electron chi connectivity index (χ3n) is 4.95. The van der Waals surface area contributed by atoms with Crippen molar-refractivity contribution in [1.29, 1.82) is 0 Å². The van der Waals surface area contributed by atoms with Crippen LogP contribution in [0.3, 0.4) is 0 Å². The average Bonchev–Trinajstić information content (AvgIpc) is 3.19. The molecule has 1 saturated heterocycles. The number of hydrogen-bond donors (Lipinski definition) is 1. The lowest BCUT2D eigenvalue weighted by molar-refractivity contribution is 0.0903. The molecule has 1 aliphatic heterocycles. The number of fused-ring (bicyclic) bond motifs is 1. The Morgan fingerprint density at radius 3 is 2.68 bits per heavy atom. The highest BCUT2D eigenvalue weighted by atomic mass is 16.5. The van der Waals surface area contributed by atoms with Crippen molar-refractivity contribution >= 4 is 11.6 Å². The summed E-state index contributed by atoms with van der Waals surface area (Å²) < 4.78 is 7.40. The van der Waals surface area contributed by atoms with E-state index in [1.54, 1.807) is 6.20 Å². The number of rotatable bonds is 4. The van der Waals surface area contributed by atoms with Gasteiger partial charge in [-0.15, -0.1) is 10.2 Å². The largest absolute Gasteiger partial charge is 0.381 e. The molecule has 4 aromatic rings.